The maximum atomic E-state index is 14.9. The molecule has 2 aromatic carbocycles. The zero-order valence-corrected chi connectivity index (χ0v) is 20.4. The summed E-state index contributed by atoms with van der Waals surface area (Å²) in [4.78, 5) is 33.9. The number of benzene rings is 2. The van der Waals surface area contributed by atoms with Crippen LogP contribution in [0.4, 0.5) is 14.5 Å². The number of aryl methyl sites for hydroxylation is 1. The molecular weight excluding hydrogens is 504 g/mol. The first-order chi connectivity index (χ1) is 17.8. The molecule has 1 aliphatic heterocycles. The lowest BCUT2D eigenvalue weighted by Gasteiger charge is -2.27. The van der Waals surface area contributed by atoms with Crippen molar-refractivity contribution in [1.29, 1.82) is 0 Å². The Balaban J connectivity index is 1.31. The molecule has 12 heteroatoms. The summed E-state index contributed by atoms with van der Waals surface area (Å²) in [5.74, 6) is -3.02. The molecule has 2 aromatic heterocycles. The maximum absolute atomic E-state index is 14.9. The van der Waals surface area contributed by atoms with E-state index in [4.69, 9.17) is 11.6 Å². The van der Waals surface area contributed by atoms with Gasteiger partial charge in [0.15, 0.2) is 17.5 Å². The SMILES string of the molecule is Cc1[nH]ncc1-c1ccc(-c2cnc(C(=O)Nc3ccc(C(=O)N4CCNCC4)c(Cl)c3)[nH]2)c(F)c1F. The van der Waals surface area contributed by atoms with Crippen LogP contribution in [0.2, 0.25) is 5.02 Å². The molecule has 0 bridgehead atoms. The molecule has 0 spiro atoms. The van der Waals surface area contributed by atoms with Crippen LogP contribution in [0.15, 0.2) is 42.7 Å². The van der Waals surface area contributed by atoms with E-state index in [9.17, 15) is 18.4 Å². The van der Waals surface area contributed by atoms with Crippen LogP contribution in [0, 0.1) is 18.6 Å². The second-order valence-corrected chi connectivity index (χ2v) is 8.94. The molecule has 0 saturated carbocycles. The first kappa shape index (κ1) is 24.6. The highest BCUT2D eigenvalue weighted by Crippen LogP contribution is 2.32. The molecule has 0 unspecified atom stereocenters. The van der Waals surface area contributed by atoms with Crippen LogP contribution in [-0.4, -0.2) is 63.1 Å². The van der Waals surface area contributed by atoms with E-state index >= 15 is 0 Å². The Kier molecular flexibility index (Phi) is 6.72. The Morgan fingerprint density at radius 3 is 2.46 bits per heavy atom. The highest BCUT2D eigenvalue weighted by atomic mass is 35.5. The van der Waals surface area contributed by atoms with Crippen molar-refractivity contribution in [3.05, 3.63) is 76.5 Å². The first-order valence-corrected chi connectivity index (χ1v) is 11.9. The zero-order chi connectivity index (χ0) is 26.1. The average Bonchev–Trinajstić information content (AvgIpc) is 3.55. The molecule has 4 aromatic rings. The molecule has 9 nitrogen and oxygen atoms in total. The van der Waals surface area contributed by atoms with Crippen LogP contribution < -0.4 is 10.6 Å². The quantitative estimate of drug-likeness (QED) is 0.314. The molecule has 1 fully saturated rings. The fraction of sp³-hybridized carbons (Fsp3) is 0.200. The first-order valence-electron chi connectivity index (χ1n) is 11.5. The smallest absolute Gasteiger partial charge is 0.291 e. The fourth-order valence-corrected chi connectivity index (χ4v) is 4.42. The molecular formula is C25H22ClF2N7O2. The average molecular weight is 526 g/mol. The van der Waals surface area contributed by atoms with E-state index in [0.29, 0.717) is 48.7 Å². The molecule has 190 valence electrons. The van der Waals surface area contributed by atoms with Crippen LogP contribution in [0.3, 0.4) is 0 Å². The number of hydrogen-bond donors (Lipinski definition) is 4. The molecule has 0 radical (unpaired) electrons. The summed E-state index contributed by atoms with van der Waals surface area (Å²) in [6.45, 7) is 4.31. The highest BCUT2D eigenvalue weighted by Gasteiger charge is 2.22. The van der Waals surface area contributed by atoms with Gasteiger partial charge in [-0.05, 0) is 31.2 Å². The lowest BCUT2D eigenvalue weighted by molar-refractivity contribution is 0.0736. The summed E-state index contributed by atoms with van der Waals surface area (Å²) in [6.07, 6.45) is 2.67. The predicted octanol–water partition coefficient (Wildman–Crippen LogP) is 4.00. The summed E-state index contributed by atoms with van der Waals surface area (Å²) in [5, 5.41) is 12.6. The Morgan fingerprint density at radius 2 is 1.76 bits per heavy atom. The predicted molar refractivity (Wildman–Crippen MR) is 134 cm³/mol. The van der Waals surface area contributed by atoms with Crippen LogP contribution in [-0.2, 0) is 0 Å². The van der Waals surface area contributed by atoms with Gasteiger partial charge in [0.25, 0.3) is 11.8 Å². The summed E-state index contributed by atoms with van der Waals surface area (Å²) < 4.78 is 29.7. The van der Waals surface area contributed by atoms with Crippen molar-refractivity contribution in [1.82, 2.24) is 30.4 Å². The third-order valence-electron chi connectivity index (χ3n) is 6.15. The van der Waals surface area contributed by atoms with Gasteiger partial charge < -0.3 is 20.5 Å². The summed E-state index contributed by atoms with van der Waals surface area (Å²) in [6, 6.07) is 7.44. The van der Waals surface area contributed by atoms with Crippen molar-refractivity contribution < 1.29 is 18.4 Å². The second kappa shape index (κ2) is 10.1. The van der Waals surface area contributed by atoms with Gasteiger partial charge in [-0.25, -0.2) is 13.8 Å². The minimum atomic E-state index is -1.08. The standard InChI is InChI=1S/C25H22ClF2N7O2/c1-13-18(11-31-34-13)15-4-5-17(22(28)21(15)27)20-12-30-23(33-20)24(36)32-14-2-3-16(19(26)10-14)25(37)35-8-6-29-7-9-35/h2-5,10-12,29H,6-9H2,1H3,(H,30,33)(H,31,34)(H,32,36). The van der Waals surface area contributed by atoms with Crippen molar-refractivity contribution in [3.63, 3.8) is 0 Å². The fourth-order valence-electron chi connectivity index (χ4n) is 4.16. The third kappa shape index (κ3) is 4.83. The Labute approximate surface area is 215 Å². The van der Waals surface area contributed by atoms with Gasteiger partial charge in [-0.15, -0.1) is 0 Å². The van der Waals surface area contributed by atoms with E-state index in [0.717, 1.165) is 0 Å². The molecule has 4 N–H and O–H groups in total. The number of halogens is 3. The van der Waals surface area contributed by atoms with Crippen molar-refractivity contribution in [2.75, 3.05) is 31.5 Å². The molecule has 37 heavy (non-hydrogen) atoms. The van der Waals surface area contributed by atoms with Crippen molar-refractivity contribution in [2.24, 2.45) is 0 Å². The van der Waals surface area contributed by atoms with Crippen molar-refractivity contribution >= 4 is 29.1 Å². The molecule has 0 aliphatic carbocycles. The summed E-state index contributed by atoms with van der Waals surface area (Å²) >= 11 is 6.33. The van der Waals surface area contributed by atoms with Crippen LogP contribution in [0.25, 0.3) is 22.4 Å². The number of imidazole rings is 1. The van der Waals surface area contributed by atoms with Crippen LogP contribution >= 0.6 is 11.6 Å². The topological polar surface area (TPSA) is 119 Å². The van der Waals surface area contributed by atoms with E-state index in [1.807, 2.05) is 0 Å². The number of carbonyl (C=O) groups is 2. The van der Waals surface area contributed by atoms with E-state index in [1.165, 1.54) is 30.6 Å². The maximum Gasteiger partial charge on any atom is 0.291 e. The molecule has 1 saturated heterocycles. The number of rotatable bonds is 5. The third-order valence-corrected chi connectivity index (χ3v) is 6.46. The van der Waals surface area contributed by atoms with Gasteiger partial charge in [-0.2, -0.15) is 5.10 Å². The van der Waals surface area contributed by atoms with E-state index in [1.54, 1.807) is 24.0 Å². The second-order valence-electron chi connectivity index (χ2n) is 8.53. The Morgan fingerprint density at radius 1 is 1.03 bits per heavy atom. The molecule has 0 atom stereocenters. The lowest BCUT2D eigenvalue weighted by Crippen LogP contribution is -2.46. The zero-order valence-electron chi connectivity index (χ0n) is 19.7. The van der Waals surface area contributed by atoms with E-state index in [2.05, 4.69) is 30.8 Å². The van der Waals surface area contributed by atoms with E-state index in [-0.39, 0.29) is 33.6 Å². The van der Waals surface area contributed by atoms with Crippen molar-refractivity contribution in [3.8, 4) is 22.4 Å². The summed E-state index contributed by atoms with van der Waals surface area (Å²) in [7, 11) is 0. The number of H-pyrrole nitrogens is 2. The van der Waals surface area contributed by atoms with Gasteiger partial charge in [0, 0.05) is 54.3 Å². The molecule has 2 amide bonds. The summed E-state index contributed by atoms with van der Waals surface area (Å²) in [5.41, 5.74) is 1.87. The normalized spacial score (nSPS) is 13.6. The van der Waals surface area contributed by atoms with Crippen molar-refractivity contribution in [2.45, 2.75) is 6.92 Å². The lowest BCUT2D eigenvalue weighted by atomic mass is 10.0. The number of hydrogen-bond acceptors (Lipinski definition) is 5. The van der Waals surface area contributed by atoms with E-state index < -0.39 is 17.5 Å². The number of anilines is 1. The van der Waals surface area contributed by atoms with Gasteiger partial charge in [0.05, 0.1) is 28.7 Å². The Bertz CT molecular complexity index is 1490. The molecule has 1 aliphatic rings. The molecule has 5 rings (SSSR count). The van der Waals surface area contributed by atoms with Crippen LogP contribution in [0.1, 0.15) is 26.7 Å². The number of piperazine rings is 1. The van der Waals surface area contributed by atoms with Crippen LogP contribution in [0.5, 0.6) is 0 Å². The minimum absolute atomic E-state index is 0.0701. The number of nitrogens with one attached hydrogen (secondary N) is 4. The largest absolute Gasteiger partial charge is 0.336 e. The number of aromatic nitrogens is 4. The highest BCUT2D eigenvalue weighted by molar-refractivity contribution is 6.34. The van der Waals surface area contributed by atoms with Gasteiger partial charge in [-0.3, -0.25) is 14.7 Å². The number of nitrogens with zero attached hydrogens (tertiary/aromatic N) is 3. The minimum Gasteiger partial charge on any atom is -0.336 e. The monoisotopic (exact) mass is 525 g/mol. The van der Waals surface area contributed by atoms with Gasteiger partial charge in [-0.1, -0.05) is 17.7 Å². The van der Waals surface area contributed by atoms with Gasteiger partial charge in [0.2, 0.25) is 0 Å². The number of aromatic amines is 2. The van der Waals surface area contributed by atoms with Gasteiger partial charge in [0.1, 0.15) is 0 Å². The van der Waals surface area contributed by atoms with Gasteiger partial charge >= 0.3 is 0 Å². The molecule has 3 heterocycles. The Hall–Kier alpha value is -4.09. The number of carbonyl (C=O) groups excluding carboxylic acids is 2. The number of amides is 2.